The Kier molecular flexibility index (Phi) is 2.04. The van der Waals surface area contributed by atoms with Crippen molar-refractivity contribution >= 4 is 6.09 Å². The van der Waals surface area contributed by atoms with E-state index in [-0.39, 0.29) is 17.8 Å². The molecule has 0 aliphatic heterocycles. The fourth-order valence-electron chi connectivity index (χ4n) is 1.52. The van der Waals surface area contributed by atoms with Gasteiger partial charge in [-0.1, -0.05) is 12.1 Å². The van der Waals surface area contributed by atoms with E-state index in [1.165, 1.54) is 0 Å². The van der Waals surface area contributed by atoms with Gasteiger partial charge in [-0.05, 0) is 24.1 Å². The molecule has 2 rings (SSSR count). The van der Waals surface area contributed by atoms with E-state index in [0.29, 0.717) is 0 Å². The Bertz CT molecular complexity index is 347. The fraction of sp³-hybridized carbons (Fsp3) is 0.300. The Labute approximate surface area is 81.3 Å². The Morgan fingerprint density at radius 3 is 2.64 bits per heavy atom. The summed E-state index contributed by atoms with van der Waals surface area (Å²) in [4.78, 5) is 10.4. The molecule has 0 saturated heterocycles. The maximum Gasteiger partial charge on any atom is 0.404 e. The molecule has 1 aliphatic rings. The molecule has 0 radical (unpaired) electrons. The summed E-state index contributed by atoms with van der Waals surface area (Å²) in [5.41, 5.74) is 5.96. The molecule has 14 heavy (non-hydrogen) atoms. The Hall–Kier alpha value is -1.71. The highest BCUT2D eigenvalue weighted by molar-refractivity contribution is 5.65. The van der Waals surface area contributed by atoms with Gasteiger partial charge in [-0.3, -0.25) is 0 Å². The minimum atomic E-state index is -0.726. The van der Waals surface area contributed by atoms with Gasteiger partial charge in [0.15, 0.2) is 0 Å². The number of benzene rings is 1. The van der Waals surface area contributed by atoms with Gasteiger partial charge >= 0.3 is 6.09 Å². The van der Waals surface area contributed by atoms with Crippen molar-refractivity contribution in [3.63, 3.8) is 0 Å². The average Bonchev–Trinajstić information content (AvgIpc) is 2.84. The summed E-state index contributed by atoms with van der Waals surface area (Å²) in [5.74, 6) is 0.477. The SMILES string of the molecule is NC(=O)OC1CC1c1ccc(O)cc1. The molecule has 2 unspecified atom stereocenters. The fourth-order valence-corrected chi connectivity index (χ4v) is 1.52. The van der Waals surface area contributed by atoms with Gasteiger partial charge in [0, 0.05) is 5.92 Å². The normalized spacial score (nSPS) is 24.3. The number of amides is 1. The van der Waals surface area contributed by atoms with Crippen LogP contribution in [-0.4, -0.2) is 17.3 Å². The van der Waals surface area contributed by atoms with Crippen molar-refractivity contribution in [1.82, 2.24) is 0 Å². The van der Waals surface area contributed by atoms with Crippen LogP contribution >= 0.6 is 0 Å². The second kappa shape index (κ2) is 3.21. The predicted molar refractivity (Wildman–Crippen MR) is 49.9 cm³/mol. The number of primary amides is 1. The summed E-state index contributed by atoms with van der Waals surface area (Å²) in [5, 5.41) is 9.06. The van der Waals surface area contributed by atoms with Crippen LogP contribution in [0, 0.1) is 0 Å². The lowest BCUT2D eigenvalue weighted by molar-refractivity contribution is 0.147. The molecule has 4 heteroatoms. The highest BCUT2D eigenvalue weighted by atomic mass is 16.6. The Morgan fingerprint density at radius 2 is 2.07 bits per heavy atom. The monoisotopic (exact) mass is 193 g/mol. The number of phenols is 1. The first-order valence-electron chi connectivity index (χ1n) is 4.42. The zero-order valence-corrected chi connectivity index (χ0v) is 7.51. The van der Waals surface area contributed by atoms with Crippen LogP contribution < -0.4 is 5.73 Å². The standard InChI is InChI=1S/C10H11NO3/c11-10(13)14-9-5-8(9)6-1-3-7(12)4-2-6/h1-4,8-9,12H,5H2,(H2,11,13). The number of aromatic hydroxyl groups is 1. The Morgan fingerprint density at radius 1 is 1.43 bits per heavy atom. The van der Waals surface area contributed by atoms with Crippen LogP contribution in [0.15, 0.2) is 24.3 Å². The number of rotatable bonds is 2. The highest BCUT2D eigenvalue weighted by Gasteiger charge is 2.41. The molecule has 74 valence electrons. The summed E-state index contributed by atoms with van der Waals surface area (Å²) in [6.45, 7) is 0. The molecule has 1 amide bonds. The molecule has 1 aromatic carbocycles. The van der Waals surface area contributed by atoms with Gasteiger partial charge in [-0.2, -0.15) is 0 Å². The third kappa shape index (κ3) is 1.79. The van der Waals surface area contributed by atoms with Gasteiger partial charge in [-0.25, -0.2) is 4.79 Å². The summed E-state index contributed by atoms with van der Waals surface area (Å²) in [7, 11) is 0. The highest BCUT2D eigenvalue weighted by Crippen LogP contribution is 2.43. The number of nitrogens with two attached hydrogens (primary N) is 1. The largest absolute Gasteiger partial charge is 0.508 e. The van der Waals surface area contributed by atoms with Crippen LogP contribution in [0.3, 0.4) is 0 Å². The summed E-state index contributed by atoms with van der Waals surface area (Å²) in [6.07, 6.45) is 0.00147. The number of phenolic OH excluding ortho intramolecular Hbond substituents is 1. The third-order valence-corrected chi connectivity index (χ3v) is 2.32. The van der Waals surface area contributed by atoms with Crippen molar-refractivity contribution in [3.8, 4) is 5.75 Å². The van der Waals surface area contributed by atoms with Gasteiger partial charge in [-0.15, -0.1) is 0 Å². The topological polar surface area (TPSA) is 72.6 Å². The van der Waals surface area contributed by atoms with Crippen LogP contribution in [0.5, 0.6) is 5.75 Å². The van der Waals surface area contributed by atoms with E-state index in [9.17, 15) is 4.79 Å². The molecule has 4 nitrogen and oxygen atoms in total. The quantitative estimate of drug-likeness (QED) is 0.744. The molecule has 0 aromatic heterocycles. The molecular weight excluding hydrogens is 182 g/mol. The lowest BCUT2D eigenvalue weighted by Gasteiger charge is -2.00. The Balaban J connectivity index is 1.99. The van der Waals surface area contributed by atoms with Crippen LogP contribution in [0.2, 0.25) is 0 Å². The molecule has 1 saturated carbocycles. The number of ether oxygens (including phenoxy) is 1. The molecule has 0 bridgehead atoms. The van der Waals surface area contributed by atoms with Gasteiger partial charge in [0.25, 0.3) is 0 Å². The van der Waals surface area contributed by atoms with E-state index in [0.717, 1.165) is 12.0 Å². The van der Waals surface area contributed by atoms with Crippen LogP contribution in [-0.2, 0) is 4.74 Å². The minimum Gasteiger partial charge on any atom is -0.508 e. The number of hydrogen-bond acceptors (Lipinski definition) is 3. The van der Waals surface area contributed by atoms with Gasteiger partial charge in [0.05, 0.1) is 0 Å². The predicted octanol–water partition coefficient (Wildman–Crippen LogP) is 1.34. The maximum absolute atomic E-state index is 10.4. The van der Waals surface area contributed by atoms with Crippen molar-refractivity contribution in [2.75, 3.05) is 0 Å². The lowest BCUT2D eigenvalue weighted by Crippen LogP contribution is -2.14. The maximum atomic E-state index is 10.4. The minimum absolute atomic E-state index is 0.0861. The van der Waals surface area contributed by atoms with E-state index in [4.69, 9.17) is 15.6 Å². The average molecular weight is 193 g/mol. The smallest absolute Gasteiger partial charge is 0.404 e. The summed E-state index contributed by atoms with van der Waals surface area (Å²) >= 11 is 0. The zero-order chi connectivity index (χ0) is 10.1. The number of carbonyl (C=O) groups is 1. The van der Waals surface area contributed by atoms with Crippen molar-refractivity contribution in [2.24, 2.45) is 5.73 Å². The number of carbonyl (C=O) groups excluding carboxylic acids is 1. The van der Waals surface area contributed by atoms with Gasteiger partial charge in [0.2, 0.25) is 0 Å². The first kappa shape index (κ1) is 8.87. The molecule has 0 spiro atoms. The van der Waals surface area contributed by atoms with Crippen LogP contribution in [0.4, 0.5) is 4.79 Å². The molecule has 1 fully saturated rings. The van der Waals surface area contributed by atoms with Crippen molar-refractivity contribution < 1.29 is 14.6 Å². The van der Waals surface area contributed by atoms with E-state index < -0.39 is 6.09 Å². The third-order valence-electron chi connectivity index (χ3n) is 2.32. The lowest BCUT2D eigenvalue weighted by atomic mass is 10.1. The molecular formula is C10H11NO3. The summed E-state index contributed by atoms with van der Waals surface area (Å²) < 4.78 is 4.83. The molecule has 1 aliphatic carbocycles. The van der Waals surface area contributed by atoms with Gasteiger partial charge < -0.3 is 15.6 Å². The van der Waals surface area contributed by atoms with E-state index in [1.54, 1.807) is 12.1 Å². The number of hydrogen-bond donors (Lipinski definition) is 2. The van der Waals surface area contributed by atoms with E-state index >= 15 is 0 Å². The zero-order valence-electron chi connectivity index (χ0n) is 7.51. The van der Waals surface area contributed by atoms with Crippen molar-refractivity contribution in [3.05, 3.63) is 29.8 Å². The first-order valence-corrected chi connectivity index (χ1v) is 4.42. The van der Waals surface area contributed by atoms with Crippen LogP contribution in [0.25, 0.3) is 0 Å². The molecule has 3 N–H and O–H groups in total. The molecule has 1 aromatic rings. The second-order valence-corrected chi connectivity index (χ2v) is 3.41. The van der Waals surface area contributed by atoms with Crippen molar-refractivity contribution in [2.45, 2.75) is 18.4 Å². The molecule has 0 heterocycles. The summed E-state index contributed by atoms with van der Waals surface area (Å²) in [6, 6.07) is 6.89. The molecule has 2 atom stereocenters. The van der Waals surface area contributed by atoms with E-state index in [2.05, 4.69) is 0 Å². The van der Waals surface area contributed by atoms with Crippen LogP contribution in [0.1, 0.15) is 17.9 Å². The second-order valence-electron chi connectivity index (χ2n) is 3.41. The first-order chi connectivity index (χ1) is 6.66. The van der Waals surface area contributed by atoms with E-state index in [1.807, 2.05) is 12.1 Å². The van der Waals surface area contributed by atoms with Gasteiger partial charge in [0.1, 0.15) is 11.9 Å². The van der Waals surface area contributed by atoms with Crippen molar-refractivity contribution in [1.29, 1.82) is 0 Å².